The van der Waals surface area contributed by atoms with Crippen molar-refractivity contribution in [2.24, 2.45) is 0 Å². The summed E-state index contributed by atoms with van der Waals surface area (Å²) < 4.78 is 7.03. The molecule has 33 heavy (non-hydrogen) atoms. The fourth-order valence-corrected chi connectivity index (χ4v) is 3.37. The zero-order valence-corrected chi connectivity index (χ0v) is 19.1. The summed E-state index contributed by atoms with van der Waals surface area (Å²) in [4.78, 5) is 42.7. The van der Waals surface area contributed by atoms with Gasteiger partial charge in [0.25, 0.3) is 5.91 Å². The van der Waals surface area contributed by atoms with Crippen molar-refractivity contribution in [2.45, 2.75) is 20.3 Å². The monoisotopic (exact) mass is 452 g/mol. The van der Waals surface area contributed by atoms with Gasteiger partial charge < -0.3 is 20.7 Å². The molecule has 0 aliphatic rings. The summed E-state index contributed by atoms with van der Waals surface area (Å²) in [6, 6.07) is 10.2. The Bertz CT molecular complexity index is 1170. The third-order valence-corrected chi connectivity index (χ3v) is 5.02. The second-order valence-electron chi connectivity index (χ2n) is 7.31. The highest BCUT2D eigenvalue weighted by Gasteiger charge is 2.22. The lowest BCUT2D eigenvalue weighted by atomic mass is 10.2. The fraction of sp³-hybridized carbons (Fsp3) is 0.304. The molecule has 2 heterocycles. The highest BCUT2D eigenvalue weighted by atomic mass is 16.5. The minimum Gasteiger partial charge on any atom is -0.495 e. The van der Waals surface area contributed by atoms with Gasteiger partial charge in [-0.25, -0.2) is 9.78 Å². The molecule has 3 N–H and O–H groups in total. The normalized spacial score (nSPS) is 10.5. The van der Waals surface area contributed by atoms with Crippen molar-refractivity contribution in [1.29, 1.82) is 0 Å². The standard InChI is InChI=1S/C23H28N6O4/c1-5-17-22(28(3)23(32)27-18-8-6-7-9-19(18)33-4)29-14-16(10-11-20(29)26-17)21(31)25-13-12-24-15(2)30/h6-11,14H,5,12-13H2,1-4H3,(H,24,30)(H,25,31)(H,27,32). The van der Waals surface area contributed by atoms with Crippen LogP contribution in [0.2, 0.25) is 0 Å². The van der Waals surface area contributed by atoms with E-state index in [2.05, 4.69) is 20.9 Å². The minimum atomic E-state index is -0.374. The van der Waals surface area contributed by atoms with E-state index >= 15 is 0 Å². The number of aryl methyl sites for hydroxylation is 1. The minimum absolute atomic E-state index is 0.157. The first kappa shape index (κ1) is 23.6. The molecule has 0 aliphatic carbocycles. The van der Waals surface area contributed by atoms with E-state index in [1.807, 2.05) is 13.0 Å². The second-order valence-corrected chi connectivity index (χ2v) is 7.31. The average molecular weight is 453 g/mol. The lowest BCUT2D eigenvalue weighted by molar-refractivity contribution is -0.118. The van der Waals surface area contributed by atoms with Gasteiger partial charge in [-0.2, -0.15) is 0 Å². The number of methoxy groups -OCH3 is 1. The summed E-state index contributed by atoms with van der Waals surface area (Å²) >= 11 is 0. The lowest BCUT2D eigenvalue weighted by Crippen LogP contribution is -2.34. The number of carbonyl (C=O) groups excluding carboxylic acids is 3. The quantitative estimate of drug-likeness (QED) is 0.454. The molecule has 0 unspecified atom stereocenters. The van der Waals surface area contributed by atoms with Crippen LogP contribution in [0.25, 0.3) is 5.65 Å². The molecule has 0 saturated carbocycles. The number of hydrogen-bond acceptors (Lipinski definition) is 5. The van der Waals surface area contributed by atoms with E-state index in [1.54, 1.807) is 48.0 Å². The van der Waals surface area contributed by atoms with Crippen molar-refractivity contribution in [3.63, 3.8) is 0 Å². The van der Waals surface area contributed by atoms with Gasteiger partial charge in [-0.1, -0.05) is 19.1 Å². The zero-order chi connectivity index (χ0) is 24.0. The number of anilines is 2. The molecule has 174 valence electrons. The number of nitrogens with one attached hydrogen (secondary N) is 3. The molecule has 2 aromatic heterocycles. The Morgan fingerprint density at radius 1 is 1.09 bits per heavy atom. The van der Waals surface area contributed by atoms with Crippen LogP contribution in [0.15, 0.2) is 42.6 Å². The number of imidazole rings is 1. The molecular formula is C23H28N6O4. The Hall–Kier alpha value is -4.08. The van der Waals surface area contributed by atoms with Crippen LogP contribution >= 0.6 is 0 Å². The van der Waals surface area contributed by atoms with Crippen molar-refractivity contribution in [3.8, 4) is 5.75 Å². The number of nitrogens with zero attached hydrogens (tertiary/aromatic N) is 3. The molecule has 3 rings (SSSR count). The maximum atomic E-state index is 13.0. The van der Waals surface area contributed by atoms with Crippen LogP contribution in [0.1, 0.15) is 29.9 Å². The molecule has 0 aliphatic heterocycles. The molecule has 3 aromatic rings. The van der Waals surface area contributed by atoms with Crippen molar-refractivity contribution >= 4 is 35.0 Å². The first-order valence-electron chi connectivity index (χ1n) is 10.6. The number of benzene rings is 1. The van der Waals surface area contributed by atoms with Crippen LogP contribution in [0.3, 0.4) is 0 Å². The van der Waals surface area contributed by atoms with Gasteiger partial charge >= 0.3 is 6.03 Å². The molecule has 0 radical (unpaired) electrons. The van der Waals surface area contributed by atoms with Crippen molar-refractivity contribution in [1.82, 2.24) is 20.0 Å². The molecule has 0 saturated heterocycles. The highest BCUT2D eigenvalue weighted by molar-refractivity contribution is 6.02. The number of carbonyl (C=O) groups is 3. The van der Waals surface area contributed by atoms with Gasteiger partial charge in [-0.3, -0.25) is 18.9 Å². The topological polar surface area (TPSA) is 117 Å². The highest BCUT2D eigenvalue weighted by Crippen LogP contribution is 2.26. The van der Waals surface area contributed by atoms with Gasteiger partial charge in [0.15, 0.2) is 0 Å². The number of urea groups is 1. The number of aromatic nitrogens is 2. The summed E-state index contributed by atoms with van der Waals surface area (Å²) in [6.45, 7) is 4.01. The number of rotatable bonds is 8. The number of amides is 4. The maximum absolute atomic E-state index is 13.0. The molecule has 0 atom stereocenters. The lowest BCUT2D eigenvalue weighted by Gasteiger charge is -2.20. The third kappa shape index (κ3) is 5.40. The van der Waals surface area contributed by atoms with Gasteiger partial charge in [-0.15, -0.1) is 0 Å². The van der Waals surface area contributed by atoms with Crippen LogP contribution in [-0.2, 0) is 11.2 Å². The molecule has 0 fully saturated rings. The predicted molar refractivity (Wildman–Crippen MR) is 126 cm³/mol. The molecule has 10 heteroatoms. The van der Waals surface area contributed by atoms with E-state index in [0.717, 1.165) is 5.69 Å². The van der Waals surface area contributed by atoms with Gasteiger partial charge in [0, 0.05) is 33.3 Å². The SMILES string of the molecule is CCc1nc2ccc(C(=O)NCCNC(C)=O)cn2c1N(C)C(=O)Nc1ccccc1OC. The van der Waals surface area contributed by atoms with Gasteiger partial charge in [-0.05, 0) is 30.7 Å². The van der Waals surface area contributed by atoms with E-state index in [0.29, 0.717) is 48.0 Å². The van der Waals surface area contributed by atoms with Gasteiger partial charge in [0.05, 0.1) is 24.1 Å². The van der Waals surface area contributed by atoms with Crippen LogP contribution in [0, 0.1) is 0 Å². The third-order valence-electron chi connectivity index (χ3n) is 5.02. The average Bonchev–Trinajstić information content (AvgIpc) is 3.19. The molecule has 4 amide bonds. The van der Waals surface area contributed by atoms with E-state index in [1.165, 1.54) is 18.9 Å². The van der Waals surface area contributed by atoms with Crippen LogP contribution in [-0.4, -0.2) is 54.5 Å². The predicted octanol–water partition coefficient (Wildman–Crippen LogP) is 2.44. The van der Waals surface area contributed by atoms with E-state index in [4.69, 9.17) is 4.74 Å². The first-order chi connectivity index (χ1) is 15.8. The largest absolute Gasteiger partial charge is 0.495 e. The van der Waals surface area contributed by atoms with E-state index in [9.17, 15) is 14.4 Å². The molecule has 10 nitrogen and oxygen atoms in total. The van der Waals surface area contributed by atoms with Crippen molar-refractivity contribution in [2.75, 3.05) is 37.5 Å². The Morgan fingerprint density at radius 2 is 1.82 bits per heavy atom. The number of para-hydroxylation sites is 2. The summed E-state index contributed by atoms with van der Waals surface area (Å²) in [6.07, 6.45) is 2.25. The second kappa shape index (κ2) is 10.5. The van der Waals surface area contributed by atoms with Crippen LogP contribution in [0.4, 0.5) is 16.3 Å². The fourth-order valence-electron chi connectivity index (χ4n) is 3.37. The summed E-state index contributed by atoms with van der Waals surface area (Å²) in [5.41, 5.74) is 2.29. The summed E-state index contributed by atoms with van der Waals surface area (Å²) in [5.74, 6) is 0.662. The van der Waals surface area contributed by atoms with Crippen molar-refractivity contribution < 1.29 is 19.1 Å². The molecular weight excluding hydrogens is 424 g/mol. The number of pyridine rings is 1. The summed E-state index contributed by atoms with van der Waals surface area (Å²) in [7, 11) is 3.19. The van der Waals surface area contributed by atoms with Gasteiger partial charge in [0.2, 0.25) is 5.91 Å². The molecule has 1 aromatic carbocycles. The molecule has 0 spiro atoms. The Labute approximate surface area is 191 Å². The van der Waals surface area contributed by atoms with E-state index < -0.39 is 0 Å². The Morgan fingerprint density at radius 3 is 2.52 bits per heavy atom. The van der Waals surface area contributed by atoms with Crippen LogP contribution in [0.5, 0.6) is 5.75 Å². The van der Waals surface area contributed by atoms with Gasteiger partial charge in [0.1, 0.15) is 17.2 Å². The Kier molecular flexibility index (Phi) is 7.50. The summed E-state index contributed by atoms with van der Waals surface area (Å²) in [5, 5.41) is 8.24. The zero-order valence-electron chi connectivity index (χ0n) is 19.1. The number of hydrogen-bond donors (Lipinski definition) is 3. The van der Waals surface area contributed by atoms with Crippen LogP contribution < -0.4 is 25.6 Å². The van der Waals surface area contributed by atoms with Crippen molar-refractivity contribution in [3.05, 3.63) is 53.9 Å². The first-order valence-corrected chi connectivity index (χ1v) is 10.6. The maximum Gasteiger partial charge on any atom is 0.327 e. The van der Waals surface area contributed by atoms with E-state index in [-0.39, 0.29) is 17.8 Å². The number of fused-ring (bicyclic) bond motifs is 1. The molecule has 0 bridgehead atoms. The number of ether oxygens (including phenoxy) is 1. The Balaban J connectivity index is 1.86. The smallest absolute Gasteiger partial charge is 0.327 e.